The Bertz CT molecular complexity index is 1250. The molecule has 8 nitrogen and oxygen atoms in total. The Hall–Kier alpha value is -3.26. The Morgan fingerprint density at radius 3 is 2.77 bits per heavy atom. The number of hydrogen-bond acceptors (Lipinski definition) is 4. The van der Waals surface area contributed by atoms with Crippen molar-refractivity contribution in [1.82, 2.24) is 14.5 Å². The van der Waals surface area contributed by atoms with Gasteiger partial charge in [-0.3, -0.25) is 9.36 Å². The first-order valence-electron chi connectivity index (χ1n) is 7.80. The number of hydrogen-bond donors (Lipinski definition) is 3. The fourth-order valence-electron chi connectivity index (χ4n) is 2.80. The van der Waals surface area contributed by atoms with Gasteiger partial charge < -0.3 is 19.7 Å². The molecule has 0 bridgehead atoms. The average molecular weight is 373 g/mol. The van der Waals surface area contributed by atoms with Crippen molar-refractivity contribution in [3.8, 4) is 0 Å². The number of oxazole rings is 1. The van der Waals surface area contributed by atoms with Crippen molar-refractivity contribution in [1.29, 1.82) is 0 Å². The van der Waals surface area contributed by atoms with Gasteiger partial charge in [0.05, 0.1) is 16.6 Å². The van der Waals surface area contributed by atoms with E-state index in [1.54, 1.807) is 36.4 Å². The Morgan fingerprint density at radius 1 is 1.12 bits per heavy atom. The van der Waals surface area contributed by atoms with E-state index in [-0.39, 0.29) is 24.6 Å². The highest BCUT2D eigenvalue weighted by Crippen LogP contribution is 2.19. The van der Waals surface area contributed by atoms with Crippen molar-refractivity contribution < 1.29 is 9.21 Å². The summed E-state index contributed by atoms with van der Waals surface area (Å²) < 4.78 is 6.52. The number of anilines is 1. The number of aromatic amines is 2. The first-order chi connectivity index (χ1) is 12.5. The van der Waals surface area contributed by atoms with Gasteiger partial charge in [0.15, 0.2) is 5.58 Å². The third-order valence-corrected chi connectivity index (χ3v) is 4.23. The molecule has 132 valence electrons. The van der Waals surface area contributed by atoms with Crippen LogP contribution in [0.25, 0.3) is 22.1 Å². The summed E-state index contributed by atoms with van der Waals surface area (Å²) in [5, 5.41) is 3.21. The lowest BCUT2D eigenvalue weighted by molar-refractivity contribution is -0.116. The number of aryl methyl sites for hydroxylation is 1. The molecule has 1 amide bonds. The molecular formula is C17H13ClN4O4. The number of fused-ring (bicyclic) bond motifs is 2. The van der Waals surface area contributed by atoms with Crippen LogP contribution in [0.5, 0.6) is 0 Å². The zero-order valence-corrected chi connectivity index (χ0v) is 14.1. The quantitative estimate of drug-likeness (QED) is 0.510. The van der Waals surface area contributed by atoms with Crippen molar-refractivity contribution in [2.45, 2.75) is 13.0 Å². The van der Waals surface area contributed by atoms with E-state index in [1.807, 2.05) is 0 Å². The molecule has 2 aromatic heterocycles. The maximum absolute atomic E-state index is 12.2. The fraction of sp³-hybridized carbons (Fsp3) is 0.118. The normalized spacial score (nSPS) is 11.3. The van der Waals surface area contributed by atoms with Crippen LogP contribution in [0.15, 0.2) is 50.4 Å². The van der Waals surface area contributed by atoms with Crippen LogP contribution in [-0.4, -0.2) is 20.4 Å². The van der Waals surface area contributed by atoms with E-state index in [1.165, 1.54) is 4.57 Å². The van der Waals surface area contributed by atoms with Gasteiger partial charge in [0, 0.05) is 29.7 Å². The molecule has 26 heavy (non-hydrogen) atoms. The predicted octanol–water partition coefficient (Wildman–Crippen LogP) is 2.45. The first-order valence-corrected chi connectivity index (χ1v) is 8.18. The van der Waals surface area contributed by atoms with Gasteiger partial charge in [0.25, 0.3) is 0 Å². The highest BCUT2D eigenvalue weighted by Gasteiger charge is 2.12. The molecule has 0 unspecified atom stereocenters. The summed E-state index contributed by atoms with van der Waals surface area (Å²) >= 11 is 5.88. The molecule has 9 heteroatoms. The lowest BCUT2D eigenvalue weighted by Gasteiger charge is -2.06. The van der Waals surface area contributed by atoms with Gasteiger partial charge in [0.1, 0.15) is 0 Å². The number of benzene rings is 2. The summed E-state index contributed by atoms with van der Waals surface area (Å²) in [6.45, 7) is 0.169. The van der Waals surface area contributed by atoms with Crippen LogP contribution in [0.1, 0.15) is 6.42 Å². The molecular weight excluding hydrogens is 360 g/mol. The van der Waals surface area contributed by atoms with Crippen molar-refractivity contribution in [3.63, 3.8) is 0 Å². The topological polar surface area (TPSA) is 113 Å². The van der Waals surface area contributed by atoms with E-state index in [4.69, 9.17) is 16.0 Å². The highest BCUT2D eigenvalue weighted by atomic mass is 35.5. The van der Waals surface area contributed by atoms with Crippen LogP contribution in [0.2, 0.25) is 5.02 Å². The molecule has 0 aliphatic carbocycles. The number of carbonyl (C=O) groups excluding carboxylic acids is 1. The Kier molecular flexibility index (Phi) is 3.89. The Balaban J connectivity index is 1.49. The van der Waals surface area contributed by atoms with E-state index in [9.17, 15) is 14.4 Å². The third-order valence-electron chi connectivity index (χ3n) is 3.99. The molecule has 4 aromatic rings. The molecule has 0 spiro atoms. The smallest absolute Gasteiger partial charge is 0.408 e. The van der Waals surface area contributed by atoms with Gasteiger partial charge >= 0.3 is 11.4 Å². The monoisotopic (exact) mass is 372 g/mol. The number of rotatable bonds is 4. The molecule has 2 heterocycles. The number of carbonyl (C=O) groups is 1. The van der Waals surface area contributed by atoms with Crippen molar-refractivity contribution in [2.75, 3.05) is 5.32 Å². The molecule has 0 aliphatic heterocycles. The van der Waals surface area contributed by atoms with E-state index >= 15 is 0 Å². The molecule has 4 rings (SSSR count). The number of imidazole rings is 1. The maximum Gasteiger partial charge on any atom is 0.419 e. The van der Waals surface area contributed by atoms with E-state index in [0.29, 0.717) is 32.8 Å². The van der Waals surface area contributed by atoms with Crippen LogP contribution in [0, 0.1) is 0 Å². The van der Waals surface area contributed by atoms with Gasteiger partial charge in [-0.15, -0.1) is 0 Å². The summed E-state index contributed by atoms with van der Waals surface area (Å²) in [7, 11) is 0. The standard InChI is InChI=1S/C17H13ClN4O4/c18-9-1-4-13-14(7-9)26-17(25)22(13)6-5-15(23)19-10-2-3-11-12(8-10)21-16(24)20-11/h1-4,7-8H,5-6H2,(H,19,23)(H2,20,21,24). The average Bonchev–Trinajstić information content (AvgIpc) is 3.10. The number of H-pyrrole nitrogens is 2. The van der Waals surface area contributed by atoms with Crippen LogP contribution in [0.3, 0.4) is 0 Å². The molecule has 0 radical (unpaired) electrons. The SMILES string of the molecule is O=C(CCn1c(=O)oc2cc(Cl)ccc21)Nc1ccc2[nH]c(=O)[nH]c2c1. The summed E-state index contributed by atoms with van der Waals surface area (Å²) in [4.78, 5) is 40.7. The summed E-state index contributed by atoms with van der Waals surface area (Å²) in [5.41, 5.74) is 2.46. The molecule has 3 N–H and O–H groups in total. The number of nitrogens with zero attached hydrogens (tertiary/aromatic N) is 1. The van der Waals surface area contributed by atoms with Crippen molar-refractivity contribution >= 4 is 45.3 Å². The number of halogens is 1. The second kappa shape index (κ2) is 6.23. The maximum atomic E-state index is 12.2. The minimum absolute atomic E-state index is 0.0822. The van der Waals surface area contributed by atoms with Crippen molar-refractivity contribution in [2.24, 2.45) is 0 Å². The number of amides is 1. The summed E-state index contributed by atoms with van der Waals surface area (Å²) in [5.74, 6) is -0.807. The summed E-state index contributed by atoms with van der Waals surface area (Å²) in [6.07, 6.45) is 0.0822. The van der Waals surface area contributed by atoms with E-state index in [0.717, 1.165) is 0 Å². The fourth-order valence-corrected chi connectivity index (χ4v) is 2.96. The van der Waals surface area contributed by atoms with Crippen molar-refractivity contribution in [3.05, 3.63) is 62.5 Å². The summed E-state index contributed by atoms with van der Waals surface area (Å²) in [6, 6.07) is 9.93. The minimum atomic E-state index is -0.540. The van der Waals surface area contributed by atoms with Crippen LogP contribution >= 0.6 is 11.6 Å². The second-order valence-corrected chi connectivity index (χ2v) is 6.21. The Morgan fingerprint density at radius 2 is 1.92 bits per heavy atom. The third kappa shape index (κ3) is 3.02. The van der Waals surface area contributed by atoms with Crippen LogP contribution < -0.4 is 16.8 Å². The molecule has 0 aliphatic rings. The zero-order chi connectivity index (χ0) is 18.3. The van der Waals surface area contributed by atoms with Gasteiger partial charge in [0.2, 0.25) is 5.91 Å². The molecule has 2 aromatic carbocycles. The van der Waals surface area contributed by atoms with E-state index in [2.05, 4.69) is 15.3 Å². The van der Waals surface area contributed by atoms with Gasteiger partial charge in [-0.25, -0.2) is 9.59 Å². The van der Waals surface area contributed by atoms with E-state index < -0.39 is 5.76 Å². The first kappa shape index (κ1) is 16.2. The van der Waals surface area contributed by atoms with Crippen LogP contribution in [-0.2, 0) is 11.3 Å². The zero-order valence-electron chi connectivity index (χ0n) is 13.3. The van der Waals surface area contributed by atoms with Gasteiger partial charge in [-0.2, -0.15) is 0 Å². The Labute approximate surface area is 150 Å². The van der Waals surface area contributed by atoms with Gasteiger partial charge in [-0.1, -0.05) is 11.6 Å². The predicted molar refractivity (Wildman–Crippen MR) is 97.7 cm³/mol. The molecule has 0 saturated heterocycles. The minimum Gasteiger partial charge on any atom is -0.408 e. The largest absolute Gasteiger partial charge is 0.419 e. The van der Waals surface area contributed by atoms with Crippen LogP contribution in [0.4, 0.5) is 5.69 Å². The molecule has 0 saturated carbocycles. The lowest BCUT2D eigenvalue weighted by Crippen LogP contribution is -2.19. The highest BCUT2D eigenvalue weighted by molar-refractivity contribution is 6.31. The number of nitrogens with one attached hydrogen (secondary N) is 3. The molecule has 0 fully saturated rings. The number of aromatic nitrogens is 3. The lowest BCUT2D eigenvalue weighted by atomic mass is 10.2. The second-order valence-electron chi connectivity index (χ2n) is 5.77. The van der Waals surface area contributed by atoms with Gasteiger partial charge in [-0.05, 0) is 30.3 Å². The molecule has 0 atom stereocenters.